The number of nitrogens with one attached hydrogen (secondary N) is 2. The summed E-state index contributed by atoms with van der Waals surface area (Å²) in [5, 5.41) is 6.96. The smallest absolute Gasteiger partial charge is 0.191 e. The summed E-state index contributed by atoms with van der Waals surface area (Å²) in [6.07, 6.45) is 0.992. The van der Waals surface area contributed by atoms with Gasteiger partial charge in [-0.25, -0.2) is 0 Å². The summed E-state index contributed by atoms with van der Waals surface area (Å²) in [6.45, 7) is 5.09. The molecule has 0 radical (unpaired) electrons. The molecule has 148 valence electrons. The molecular formula is C21H32N4OS. The van der Waals surface area contributed by atoms with Crippen LogP contribution in [0.25, 0.3) is 0 Å². The van der Waals surface area contributed by atoms with E-state index in [1.807, 2.05) is 30.5 Å². The summed E-state index contributed by atoms with van der Waals surface area (Å²) in [6, 6.07) is 13.1. The summed E-state index contributed by atoms with van der Waals surface area (Å²) in [5.74, 6) is 1.70. The van der Waals surface area contributed by atoms with Crippen molar-refractivity contribution in [1.29, 1.82) is 0 Å². The first-order chi connectivity index (χ1) is 12.9. The Hall–Kier alpha value is -2.05. The second kappa shape index (κ2) is 10.3. The lowest BCUT2D eigenvalue weighted by Crippen LogP contribution is -2.45. The van der Waals surface area contributed by atoms with Gasteiger partial charge in [-0.2, -0.15) is 0 Å². The molecule has 2 unspecified atom stereocenters. The number of methoxy groups -OCH3 is 1. The third-order valence-electron chi connectivity index (χ3n) is 4.47. The summed E-state index contributed by atoms with van der Waals surface area (Å²) < 4.78 is 5.37. The number of likely N-dealkylation sites (N-methyl/N-ethyl adjacent to an activating group) is 1. The van der Waals surface area contributed by atoms with Crippen LogP contribution in [0, 0.1) is 6.92 Å². The van der Waals surface area contributed by atoms with Gasteiger partial charge in [-0.05, 0) is 57.8 Å². The lowest BCUT2D eigenvalue weighted by molar-refractivity contribution is 0.297. The number of aryl methyl sites for hydroxylation is 1. The van der Waals surface area contributed by atoms with Crippen molar-refractivity contribution < 1.29 is 4.74 Å². The molecule has 0 amide bonds. The van der Waals surface area contributed by atoms with Crippen LogP contribution in [-0.4, -0.2) is 51.7 Å². The van der Waals surface area contributed by atoms with Crippen molar-refractivity contribution in [3.05, 3.63) is 51.7 Å². The van der Waals surface area contributed by atoms with Gasteiger partial charge >= 0.3 is 0 Å². The minimum atomic E-state index is 0.217. The maximum absolute atomic E-state index is 5.37. The van der Waals surface area contributed by atoms with Crippen LogP contribution < -0.4 is 15.4 Å². The Balaban J connectivity index is 1.95. The SMILES string of the molecule is CN=C(NCC(c1cccc(OC)c1)N(C)C)NC(C)Cc1ccc(C)s1. The highest BCUT2D eigenvalue weighted by Crippen LogP contribution is 2.22. The zero-order chi connectivity index (χ0) is 19.8. The number of aliphatic imine (C=N–C) groups is 1. The van der Waals surface area contributed by atoms with E-state index in [-0.39, 0.29) is 6.04 Å². The molecule has 1 heterocycles. The van der Waals surface area contributed by atoms with E-state index in [0.717, 1.165) is 24.7 Å². The number of hydrogen-bond acceptors (Lipinski definition) is 4. The van der Waals surface area contributed by atoms with Crippen molar-refractivity contribution in [2.45, 2.75) is 32.4 Å². The molecule has 0 saturated carbocycles. The molecule has 0 aliphatic heterocycles. The zero-order valence-electron chi connectivity index (χ0n) is 17.2. The van der Waals surface area contributed by atoms with Crippen LogP contribution in [0.15, 0.2) is 41.4 Å². The van der Waals surface area contributed by atoms with E-state index in [1.54, 1.807) is 7.11 Å². The van der Waals surface area contributed by atoms with E-state index < -0.39 is 0 Å². The van der Waals surface area contributed by atoms with Crippen molar-refractivity contribution in [3.8, 4) is 5.75 Å². The molecule has 6 heteroatoms. The first-order valence-corrected chi connectivity index (χ1v) is 10.1. The number of ether oxygens (including phenoxy) is 1. The largest absolute Gasteiger partial charge is 0.497 e. The first-order valence-electron chi connectivity index (χ1n) is 9.25. The summed E-state index contributed by atoms with van der Waals surface area (Å²) in [7, 11) is 7.69. The van der Waals surface area contributed by atoms with E-state index in [0.29, 0.717) is 6.04 Å². The van der Waals surface area contributed by atoms with Gasteiger partial charge < -0.3 is 20.3 Å². The van der Waals surface area contributed by atoms with Gasteiger partial charge in [0.2, 0.25) is 0 Å². The van der Waals surface area contributed by atoms with Crippen molar-refractivity contribution in [3.63, 3.8) is 0 Å². The van der Waals surface area contributed by atoms with Gasteiger partial charge in [0.15, 0.2) is 5.96 Å². The molecule has 5 nitrogen and oxygen atoms in total. The number of hydrogen-bond donors (Lipinski definition) is 2. The molecule has 0 saturated heterocycles. The van der Waals surface area contributed by atoms with E-state index in [9.17, 15) is 0 Å². The average Bonchev–Trinajstić information content (AvgIpc) is 3.05. The molecule has 0 spiro atoms. The highest BCUT2D eigenvalue weighted by atomic mass is 32.1. The molecule has 1 aromatic heterocycles. The third kappa shape index (κ3) is 6.56. The Bertz CT molecular complexity index is 741. The van der Waals surface area contributed by atoms with Crippen LogP contribution in [-0.2, 0) is 6.42 Å². The fourth-order valence-electron chi connectivity index (χ4n) is 3.02. The second-order valence-corrected chi connectivity index (χ2v) is 8.34. The number of benzene rings is 1. The normalized spacial score (nSPS) is 14.1. The van der Waals surface area contributed by atoms with E-state index in [4.69, 9.17) is 4.74 Å². The molecule has 2 N–H and O–H groups in total. The predicted molar refractivity (Wildman–Crippen MR) is 116 cm³/mol. The van der Waals surface area contributed by atoms with Gasteiger partial charge in [-0.1, -0.05) is 12.1 Å². The van der Waals surface area contributed by atoms with Crippen molar-refractivity contribution >= 4 is 17.3 Å². The van der Waals surface area contributed by atoms with Crippen LogP contribution in [0.5, 0.6) is 5.75 Å². The van der Waals surface area contributed by atoms with E-state index in [2.05, 4.69) is 72.7 Å². The summed E-state index contributed by atoms with van der Waals surface area (Å²) >= 11 is 1.85. The highest BCUT2D eigenvalue weighted by Gasteiger charge is 2.16. The van der Waals surface area contributed by atoms with Crippen LogP contribution in [0.1, 0.15) is 28.3 Å². The van der Waals surface area contributed by atoms with Crippen molar-refractivity contribution in [2.24, 2.45) is 4.99 Å². The van der Waals surface area contributed by atoms with E-state index in [1.165, 1.54) is 15.3 Å². The van der Waals surface area contributed by atoms with Crippen molar-refractivity contribution in [2.75, 3.05) is 34.8 Å². The Morgan fingerprint density at radius 3 is 2.63 bits per heavy atom. The molecule has 2 atom stereocenters. The number of rotatable bonds is 8. The fourth-order valence-corrected chi connectivity index (χ4v) is 4.04. The Kier molecular flexibility index (Phi) is 8.13. The highest BCUT2D eigenvalue weighted by molar-refractivity contribution is 7.11. The van der Waals surface area contributed by atoms with Gasteiger partial charge in [0.25, 0.3) is 0 Å². The van der Waals surface area contributed by atoms with Crippen LogP contribution in [0.3, 0.4) is 0 Å². The molecule has 0 bridgehead atoms. The summed E-state index contributed by atoms with van der Waals surface area (Å²) in [4.78, 5) is 9.34. The number of thiophene rings is 1. The van der Waals surface area contributed by atoms with Gasteiger partial charge in [0, 0.05) is 35.8 Å². The standard InChI is InChI=1S/C21H32N4OS/c1-15(12-19-11-10-16(2)27-19)24-21(22-3)23-14-20(25(4)5)17-8-7-9-18(13-17)26-6/h7-11,13,15,20H,12,14H2,1-6H3,(H2,22,23,24). The van der Waals surface area contributed by atoms with Crippen LogP contribution in [0.2, 0.25) is 0 Å². The van der Waals surface area contributed by atoms with Crippen molar-refractivity contribution in [1.82, 2.24) is 15.5 Å². The minimum absolute atomic E-state index is 0.217. The quantitative estimate of drug-likeness (QED) is 0.537. The Morgan fingerprint density at radius 1 is 1.26 bits per heavy atom. The molecule has 0 aliphatic rings. The molecule has 0 fully saturated rings. The monoisotopic (exact) mass is 388 g/mol. The van der Waals surface area contributed by atoms with Crippen LogP contribution in [0.4, 0.5) is 0 Å². The maximum atomic E-state index is 5.37. The number of nitrogens with zero attached hydrogens (tertiary/aromatic N) is 2. The molecular weight excluding hydrogens is 356 g/mol. The first kappa shape index (κ1) is 21.3. The van der Waals surface area contributed by atoms with Gasteiger partial charge in [-0.15, -0.1) is 11.3 Å². The van der Waals surface area contributed by atoms with Gasteiger partial charge in [0.05, 0.1) is 13.2 Å². The summed E-state index contributed by atoms with van der Waals surface area (Å²) in [5.41, 5.74) is 1.21. The van der Waals surface area contributed by atoms with Gasteiger partial charge in [-0.3, -0.25) is 4.99 Å². The lowest BCUT2D eigenvalue weighted by atomic mass is 10.1. The maximum Gasteiger partial charge on any atom is 0.191 e. The topological polar surface area (TPSA) is 48.9 Å². The predicted octanol–water partition coefficient (Wildman–Crippen LogP) is 3.46. The Labute approximate surface area is 167 Å². The molecule has 27 heavy (non-hydrogen) atoms. The molecule has 1 aromatic carbocycles. The molecule has 2 aromatic rings. The minimum Gasteiger partial charge on any atom is -0.497 e. The molecule has 2 rings (SSSR count). The second-order valence-electron chi connectivity index (χ2n) is 6.97. The average molecular weight is 389 g/mol. The lowest BCUT2D eigenvalue weighted by Gasteiger charge is -2.27. The fraction of sp³-hybridized carbons (Fsp3) is 0.476. The molecule has 0 aliphatic carbocycles. The third-order valence-corrected chi connectivity index (χ3v) is 5.50. The Morgan fingerprint density at radius 2 is 2.04 bits per heavy atom. The van der Waals surface area contributed by atoms with E-state index >= 15 is 0 Å². The zero-order valence-corrected chi connectivity index (χ0v) is 18.1. The van der Waals surface area contributed by atoms with Crippen LogP contribution >= 0.6 is 11.3 Å². The number of guanidine groups is 1. The van der Waals surface area contributed by atoms with Gasteiger partial charge in [0.1, 0.15) is 5.75 Å².